The summed E-state index contributed by atoms with van der Waals surface area (Å²) in [5.74, 6) is 0. The zero-order valence-electron chi connectivity index (χ0n) is 5.35. The van der Waals surface area contributed by atoms with E-state index in [1.165, 1.54) is 5.06 Å². The second kappa shape index (κ2) is 12.1. The molecule has 0 aliphatic carbocycles. The monoisotopic (exact) mass is 359 g/mol. The molecule has 0 amide bonds. The van der Waals surface area contributed by atoms with Crippen molar-refractivity contribution in [1.29, 1.82) is 0 Å². The number of nitrogens with zero attached hydrogens (tertiary/aromatic N) is 1. The predicted molar refractivity (Wildman–Crippen MR) is 24.4 cm³/mol. The van der Waals surface area contributed by atoms with Gasteiger partial charge in [0.1, 0.15) is 0 Å². The minimum atomic E-state index is 0. The van der Waals surface area contributed by atoms with Gasteiger partial charge in [0, 0.05) is 27.5 Å². The Balaban J connectivity index is -0.000000125. The molecule has 0 saturated carbocycles. The fourth-order valence-electron chi connectivity index (χ4n) is 0.0645. The van der Waals surface area contributed by atoms with Crippen LogP contribution in [0, 0.1) is 14.0 Å². The summed E-state index contributed by atoms with van der Waals surface area (Å²) in [4.78, 5) is 4.42. The van der Waals surface area contributed by atoms with E-state index in [1.807, 2.05) is 0 Å². The number of hydrogen-bond acceptors (Lipinski definition) is 2. The maximum atomic E-state index is 4.42. The average Bonchev–Trinajstić information content (AvgIpc) is 1.65. The molecule has 0 rings (SSSR count). The minimum Gasteiger partial charge on any atom is -0.478 e. The van der Waals surface area contributed by atoms with Crippen LogP contribution in [0.1, 0.15) is 0 Å². The summed E-state index contributed by atoms with van der Waals surface area (Å²) < 4.78 is 0. The Hall–Kier alpha value is 2.39. The van der Waals surface area contributed by atoms with Crippen molar-refractivity contribution in [3.05, 3.63) is 14.0 Å². The van der Waals surface area contributed by atoms with Crippen LogP contribution in [0.5, 0.6) is 0 Å². The normalized spacial score (nSPS) is 7.50. The third-order valence-electron chi connectivity index (χ3n) is 0.535. The van der Waals surface area contributed by atoms with Gasteiger partial charge in [0.25, 0.3) is 0 Å². The van der Waals surface area contributed by atoms with Crippen molar-refractivity contribution in [3.8, 4) is 0 Å². The molecule has 0 aromatic carbocycles. The van der Waals surface area contributed by atoms with Crippen LogP contribution in [0.4, 0.5) is 0 Å². The Kier molecular flexibility index (Phi) is 25.4. The van der Waals surface area contributed by atoms with Gasteiger partial charge in [-0.2, -0.15) is 0 Å². The Morgan fingerprint density at radius 3 is 2.00 bits per heavy atom. The second-order valence-corrected chi connectivity index (χ2v) is 0.981. The van der Waals surface area contributed by atoms with Gasteiger partial charge in [-0.15, -0.1) is 6.54 Å². The Labute approximate surface area is 114 Å². The molecular formula is C4H9NORbRe-. The minimum absolute atomic E-state index is 0. The quantitative estimate of drug-likeness (QED) is 0.399. The van der Waals surface area contributed by atoms with E-state index in [9.17, 15) is 0 Å². The van der Waals surface area contributed by atoms with E-state index in [-0.39, 0.29) is 78.6 Å². The van der Waals surface area contributed by atoms with Crippen LogP contribution in [-0.2, 0) is 25.3 Å². The molecule has 0 aromatic heterocycles. The third kappa shape index (κ3) is 11.2. The molecule has 0 N–H and O–H groups in total. The van der Waals surface area contributed by atoms with Crippen LogP contribution >= 0.6 is 0 Å². The standard InChI is InChI=1S/C4H9NO.Rb.Re/c1-4-5(2)6-3;;/h1,3-4H2,2H3;;/q-2;+1;. The van der Waals surface area contributed by atoms with Crippen molar-refractivity contribution in [2.24, 2.45) is 0 Å². The molecule has 0 bridgehead atoms. The van der Waals surface area contributed by atoms with Gasteiger partial charge in [-0.25, -0.2) is 7.11 Å². The first-order chi connectivity index (χ1) is 2.81. The molecule has 0 spiro atoms. The first kappa shape index (κ1) is 16.8. The molecule has 8 heavy (non-hydrogen) atoms. The van der Waals surface area contributed by atoms with Crippen molar-refractivity contribution >= 4 is 0 Å². The van der Waals surface area contributed by atoms with Gasteiger partial charge in [-0.3, -0.25) is 5.06 Å². The average molecular weight is 359 g/mol. The van der Waals surface area contributed by atoms with E-state index in [0.29, 0.717) is 6.54 Å². The van der Waals surface area contributed by atoms with E-state index in [0.717, 1.165) is 0 Å². The first-order valence-electron chi connectivity index (χ1n) is 1.73. The van der Waals surface area contributed by atoms with E-state index < -0.39 is 0 Å². The van der Waals surface area contributed by atoms with E-state index >= 15 is 0 Å². The van der Waals surface area contributed by atoms with Crippen LogP contribution in [0.15, 0.2) is 0 Å². The van der Waals surface area contributed by atoms with Crippen LogP contribution in [0.3, 0.4) is 0 Å². The molecule has 0 unspecified atom stereocenters. The number of hydrogen-bond donors (Lipinski definition) is 0. The molecule has 0 saturated heterocycles. The fraction of sp³-hybridized carbons (Fsp3) is 0.500. The van der Waals surface area contributed by atoms with Crippen molar-refractivity contribution in [3.63, 3.8) is 0 Å². The van der Waals surface area contributed by atoms with Crippen LogP contribution in [0.25, 0.3) is 0 Å². The summed E-state index contributed by atoms with van der Waals surface area (Å²) in [5, 5.41) is 1.53. The van der Waals surface area contributed by atoms with E-state index in [2.05, 4.69) is 18.9 Å². The van der Waals surface area contributed by atoms with Crippen LogP contribution in [0.2, 0.25) is 0 Å². The first-order valence-corrected chi connectivity index (χ1v) is 1.73. The smallest absolute Gasteiger partial charge is 0.478 e. The molecule has 0 aliphatic heterocycles. The number of hydroxylamine groups is 2. The second-order valence-electron chi connectivity index (χ2n) is 0.981. The van der Waals surface area contributed by atoms with Crippen molar-refractivity contribution < 1.29 is 83.4 Å². The van der Waals surface area contributed by atoms with Crippen LogP contribution < -0.4 is 58.2 Å². The number of rotatable bonds is 2. The van der Waals surface area contributed by atoms with Gasteiger partial charge < -0.3 is 11.8 Å². The molecule has 2 nitrogen and oxygen atoms in total. The van der Waals surface area contributed by atoms with Gasteiger partial charge in [0.15, 0.2) is 0 Å². The summed E-state index contributed by atoms with van der Waals surface area (Å²) in [6.45, 7) is 4.15. The summed E-state index contributed by atoms with van der Waals surface area (Å²) in [6, 6.07) is 0. The fourth-order valence-corrected chi connectivity index (χ4v) is 0.0645. The largest absolute Gasteiger partial charge is 1.00 e. The van der Waals surface area contributed by atoms with Gasteiger partial charge in [0.05, 0.1) is 0 Å². The molecule has 0 aliphatic rings. The van der Waals surface area contributed by atoms with Gasteiger partial charge in [0.2, 0.25) is 0 Å². The third-order valence-corrected chi connectivity index (χ3v) is 0.535. The SMILES string of the molecule is [CH2-]CN(C)O[CH2-].[Rb+].[Re]. The molecule has 4 heteroatoms. The maximum absolute atomic E-state index is 4.42. The molecule has 0 heterocycles. The van der Waals surface area contributed by atoms with Gasteiger partial charge in [-0.05, 0) is 0 Å². The van der Waals surface area contributed by atoms with E-state index in [4.69, 9.17) is 0 Å². The Bertz CT molecular complexity index is 35.2. The predicted octanol–water partition coefficient (Wildman–Crippen LogP) is -2.52. The summed E-state index contributed by atoms with van der Waals surface area (Å²) >= 11 is 0. The molecule has 0 atom stereocenters. The van der Waals surface area contributed by atoms with E-state index in [1.54, 1.807) is 7.05 Å². The van der Waals surface area contributed by atoms with Crippen molar-refractivity contribution in [2.45, 2.75) is 0 Å². The van der Waals surface area contributed by atoms with Crippen molar-refractivity contribution in [2.75, 3.05) is 13.6 Å². The van der Waals surface area contributed by atoms with Gasteiger partial charge in [-0.1, -0.05) is 0 Å². The Morgan fingerprint density at radius 2 is 2.00 bits per heavy atom. The summed E-state index contributed by atoms with van der Waals surface area (Å²) in [7, 11) is 4.91. The zero-order chi connectivity index (χ0) is 4.99. The maximum Gasteiger partial charge on any atom is 1.00 e. The molecule has 45 valence electrons. The molecule has 0 fully saturated rings. The molecule has 0 aromatic rings. The molecule has 1 radical (unpaired) electrons. The van der Waals surface area contributed by atoms with Crippen molar-refractivity contribution in [1.82, 2.24) is 5.06 Å². The van der Waals surface area contributed by atoms with Gasteiger partial charge >= 0.3 is 58.2 Å². The zero-order valence-corrected chi connectivity index (χ0v) is 13.0. The summed E-state index contributed by atoms with van der Waals surface area (Å²) in [6.07, 6.45) is 0. The van der Waals surface area contributed by atoms with Crippen LogP contribution in [-0.4, -0.2) is 18.7 Å². The molecular weight excluding hydrogens is 350 g/mol. The Morgan fingerprint density at radius 1 is 1.62 bits per heavy atom. The topological polar surface area (TPSA) is 12.5 Å². The summed E-state index contributed by atoms with van der Waals surface area (Å²) in [5.41, 5.74) is 0.